The standard InChI is InChI=1S/C14H14N2O4/c1-9(18)10-2-4-11(5-3-10)15-12-8-13(19)16(6-7-17)14(12)20/h2-5,8,15,17H,6-7H2,1H3. The van der Waals surface area contributed by atoms with Crippen LogP contribution in [0.3, 0.4) is 0 Å². The van der Waals surface area contributed by atoms with Gasteiger partial charge in [-0.15, -0.1) is 0 Å². The van der Waals surface area contributed by atoms with E-state index in [9.17, 15) is 14.4 Å². The van der Waals surface area contributed by atoms with Crippen LogP contribution < -0.4 is 5.32 Å². The van der Waals surface area contributed by atoms with Gasteiger partial charge in [-0.2, -0.15) is 0 Å². The number of Topliss-reactive ketones (excluding diaryl/α,β-unsaturated/α-hetero) is 1. The molecule has 1 heterocycles. The largest absolute Gasteiger partial charge is 0.395 e. The maximum atomic E-state index is 11.9. The highest BCUT2D eigenvalue weighted by Crippen LogP contribution is 2.17. The third kappa shape index (κ3) is 2.75. The van der Waals surface area contributed by atoms with E-state index in [-0.39, 0.29) is 24.6 Å². The highest BCUT2D eigenvalue weighted by atomic mass is 16.3. The Kier molecular flexibility index (Phi) is 3.95. The van der Waals surface area contributed by atoms with Crippen molar-refractivity contribution in [2.45, 2.75) is 6.92 Å². The Hall–Kier alpha value is -2.47. The third-order valence-electron chi connectivity index (χ3n) is 2.90. The zero-order valence-corrected chi connectivity index (χ0v) is 10.9. The fraction of sp³-hybridized carbons (Fsp3) is 0.214. The van der Waals surface area contributed by atoms with Gasteiger partial charge in [-0.3, -0.25) is 19.3 Å². The number of β-amino-alcohol motifs (C(OH)–C–C–N with tert-alkyl or cyclic N) is 1. The Labute approximate surface area is 115 Å². The minimum atomic E-state index is -0.473. The van der Waals surface area contributed by atoms with Gasteiger partial charge in [0.2, 0.25) is 0 Å². The van der Waals surface area contributed by atoms with Gasteiger partial charge in [-0.1, -0.05) is 0 Å². The number of nitrogens with one attached hydrogen (secondary N) is 1. The van der Waals surface area contributed by atoms with E-state index in [2.05, 4.69) is 5.32 Å². The van der Waals surface area contributed by atoms with Gasteiger partial charge in [-0.25, -0.2) is 0 Å². The van der Waals surface area contributed by atoms with Crippen molar-refractivity contribution in [1.29, 1.82) is 0 Å². The van der Waals surface area contributed by atoms with E-state index < -0.39 is 11.8 Å². The van der Waals surface area contributed by atoms with E-state index in [1.54, 1.807) is 24.3 Å². The van der Waals surface area contributed by atoms with Crippen LogP contribution in [0.2, 0.25) is 0 Å². The minimum absolute atomic E-state index is 0.0252. The predicted octanol–water partition coefficient (Wildman–Crippen LogP) is 0.546. The predicted molar refractivity (Wildman–Crippen MR) is 72.0 cm³/mol. The molecule has 0 saturated carbocycles. The number of hydrogen-bond donors (Lipinski definition) is 2. The first kappa shape index (κ1) is 14.0. The van der Waals surface area contributed by atoms with Gasteiger partial charge in [0.25, 0.3) is 11.8 Å². The zero-order chi connectivity index (χ0) is 14.7. The van der Waals surface area contributed by atoms with Crippen LogP contribution in [0.1, 0.15) is 17.3 Å². The van der Waals surface area contributed by atoms with Gasteiger partial charge >= 0.3 is 0 Å². The van der Waals surface area contributed by atoms with Crippen LogP contribution in [0, 0.1) is 0 Å². The summed E-state index contributed by atoms with van der Waals surface area (Å²) in [4.78, 5) is 35.6. The number of carbonyl (C=O) groups is 3. The first-order chi connectivity index (χ1) is 9.52. The number of anilines is 1. The molecule has 6 nitrogen and oxygen atoms in total. The molecular weight excluding hydrogens is 260 g/mol. The molecule has 6 heteroatoms. The normalized spacial score (nSPS) is 14.5. The number of hydrogen-bond acceptors (Lipinski definition) is 5. The lowest BCUT2D eigenvalue weighted by molar-refractivity contribution is -0.137. The molecule has 2 amide bonds. The van der Waals surface area contributed by atoms with Crippen molar-refractivity contribution in [3.8, 4) is 0 Å². The van der Waals surface area contributed by atoms with Crippen LogP contribution in [0.15, 0.2) is 36.0 Å². The SMILES string of the molecule is CC(=O)c1ccc(NC2=CC(=O)N(CCO)C2=O)cc1. The fourth-order valence-electron chi connectivity index (χ4n) is 1.85. The van der Waals surface area contributed by atoms with Crippen molar-refractivity contribution in [3.63, 3.8) is 0 Å². The molecule has 2 rings (SSSR count). The number of aliphatic hydroxyl groups excluding tert-OH is 1. The molecule has 0 atom stereocenters. The maximum Gasteiger partial charge on any atom is 0.277 e. The quantitative estimate of drug-likeness (QED) is 0.604. The summed E-state index contributed by atoms with van der Waals surface area (Å²) >= 11 is 0. The number of aliphatic hydroxyl groups is 1. The second-order valence-electron chi connectivity index (χ2n) is 4.34. The first-order valence-corrected chi connectivity index (χ1v) is 6.09. The first-order valence-electron chi connectivity index (χ1n) is 6.09. The number of ketones is 1. The number of rotatable bonds is 5. The number of benzene rings is 1. The second kappa shape index (κ2) is 5.66. The highest BCUT2D eigenvalue weighted by Gasteiger charge is 2.30. The molecule has 0 radical (unpaired) electrons. The van der Waals surface area contributed by atoms with Gasteiger partial charge in [0, 0.05) is 17.3 Å². The van der Waals surface area contributed by atoms with E-state index >= 15 is 0 Å². The summed E-state index contributed by atoms with van der Waals surface area (Å²) in [6.45, 7) is 1.17. The lowest BCUT2D eigenvalue weighted by Gasteiger charge is -2.13. The smallest absolute Gasteiger partial charge is 0.277 e. The van der Waals surface area contributed by atoms with Gasteiger partial charge < -0.3 is 10.4 Å². The molecule has 0 bridgehead atoms. The highest BCUT2D eigenvalue weighted by molar-refractivity contribution is 6.17. The molecule has 1 aromatic carbocycles. The van der Waals surface area contributed by atoms with E-state index in [4.69, 9.17) is 5.11 Å². The van der Waals surface area contributed by atoms with Crippen LogP contribution >= 0.6 is 0 Å². The maximum absolute atomic E-state index is 11.9. The van der Waals surface area contributed by atoms with Crippen LogP contribution in [0.4, 0.5) is 5.69 Å². The van der Waals surface area contributed by atoms with Crippen molar-refractivity contribution >= 4 is 23.3 Å². The summed E-state index contributed by atoms with van der Waals surface area (Å²) in [5, 5.41) is 11.6. The van der Waals surface area contributed by atoms with Gasteiger partial charge in [0.1, 0.15) is 5.70 Å². The summed E-state index contributed by atoms with van der Waals surface area (Å²) in [6.07, 6.45) is 1.19. The van der Waals surface area contributed by atoms with Crippen LogP contribution in [-0.4, -0.2) is 40.8 Å². The average Bonchev–Trinajstić information content (AvgIpc) is 2.67. The molecule has 1 aliphatic heterocycles. The Bertz CT molecular complexity index is 590. The molecule has 0 saturated heterocycles. The lowest BCUT2D eigenvalue weighted by atomic mass is 10.1. The van der Waals surface area contributed by atoms with E-state index in [0.717, 1.165) is 4.90 Å². The number of nitrogens with zero attached hydrogens (tertiary/aromatic N) is 1. The molecule has 0 aliphatic carbocycles. The van der Waals surface area contributed by atoms with Crippen molar-refractivity contribution in [3.05, 3.63) is 41.6 Å². The molecule has 20 heavy (non-hydrogen) atoms. The van der Waals surface area contributed by atoms with Crippen LogP contribution in [0.5, 0.6) is 0 Å². The molecule has 104 valence electrons. The van der Waals surface area contributed by atoms with Gasteiger partial charge in [0.15, 0.2) is 5.78 Å². The Balaban J connectivity index is 2.11. The lowest BCUT2D eigenvalue weighted by Crippen LogP contribution is -2.34. The van der Waals surface area contributed by atoms with E-state index in [1.165, 1.54) is 13.0 Å². The molecule has 1 aromatic rings. The monoisotopic (exact) mass is 274 g/mol. The average molecular weight is 274 g/mol. The Morgan fingerprint density at radius 1 is 1.25 bits per heavy atom. The number of imide groups is 1. The molecule has 0 unspecified atom stereocenters. The number of amides is 2. The Morgan fingerprint density at radius 3 is 2.45 bits per heavy atom. The van der Waals surface area contributed by atoms with Crippen molar-refractivity contribution in [1.82, 2.24) is 4.90 Å². The molecule has 0 spiro atoms. The summed E-state index contributed by atoms with van der Waals surface area (Å²) < 4.78 is 0. The zero-order valence-electron chi connectivity index (χ0n) is 10.9. The molecular formula is C14H14N2O4. The van der Waals surface area contributed by atoms with E-state index in [1.807, 2.05) is 0 Å². The topological polar surface area (TPSA) is 86.7 Å². The van der Waals surface area contributed by atoms with Crippen LogP contribution in [0.25, 0.3) is 0 Å². The summed E-state index contributed by atoms with van der Waals surface area (Å²) in [6, 6.07) is 6.59. The minimum Gasteiger partial charge on any atom is -0.395 e. The van der Waals surface area contributed by atoms with Crippen molar-refractivity contribution in [2.24, 2.45) is 0 Å². The van der Waals surface area contributed by atoms with Gasteiger partial charge in [-0.05, 0) is 31.2 Å². The Morgan fingerprint density at radius 2 is 1.90 bits per heavy atom. The molecule has 2 N–H and O–H groups in total. The fourth-order valence-corrected chi connectivity index (χ4v) is 1.85. The third-order valence-corrected chi connectivity index (χ3v) is 2.90. The summed E-state index contributed by atoms with van der Waals surface area (Å²) in [5.74, 6) is -0.969. The van der Waals surface area contributed by atoms with E-state index in [0.29, 0.717) is 11.3 Å². The molecule has 0 aromatic heterocycles. The second-order valence-corrected chi connectivity index (χ2v) is 4.34. The van der Waals surface area contributed by atoms with Gasteiger partial charge in [0.05, 0.1) is 13.2 Å². The molecule has 1 aliphatic rings. The molecule has 0 fully saturated rings. The van der Waals surface area contributed by atoms with Crippen molar-refractivity contribution in [2.75, 3.05) is 18.5 Å². The van der Waals surface area contributed by atoms with Crippen LogP contribution in [-0.2, 0) is 9.59 Å². The summed E-state index contributed by atoms with van der Waals surface area (Å²) in [7, 11) is 0. The van der Waals surface area contributed by atoms with Crippen molar-refractivity contribution < 1.29 is 19.5 Å². The summed E-state index contributed by atoms with van der Waals surface area (Å²) in [5.41, 5.74) is 1.33. The number of carbonyl (C=O) groups excluding carboxylic acids is 3.